The number of halogens is 1. The van der Waals surface area contributed by atoms with Gasteiger partial charge in [0.2, 0.25) is 0 Å². The fourth-order valence-corrected chi connectivity index (χ4v) is 2.22. The Balaban J connectivity index is 1.82. The van der Waals surface area contributed by atoms with Crippen molar-refractivity contribution < 1.29 is 4.42 Å². The van der Waals surface area contributed by atoms with Crippen molar-refractivity contribution in [1.82, 2.24) is 4.98 Å². The molecule has 4 heteroatoms. The molecule has 3 aromatic rings. The standard InChI is InChI=1S/C15H13BrN2O/c1-10(11-6-8-12(16)9-7-11)17-15-18-13-4-2-3-5-14(13)19-15/h2-10H,1H3,(H,17,18). The Hall–Kier alpha value is -1.81. The van der Waals surface area contributed by atoms with Gasteiger partial charge in [0.25, 0.3) is 6.01 Å². The van der Waals surface area contributed by atoms with Gasteiger partial charge in [-0.3, -0.25) is 0 Å². The molecule has 96 valence electrons. The Labute approximate surface area is 119 Å². The van der Waals surface area contributed by atoms with Gasteiger partial charge in [0.15, 0.2) is 5.58 Å². The summed E-state index contributed by atoms with van der Waals surface area (Å²) in [5.74, 6) is 0. The molecule has 0 aliphatic rings. The number of para-hydroxylation sites is 2. The van der Waals surface area contributed by atoms with Crippen molar-refractivity contribution in [3.8, 4) is 0 Å². The number of hydrogen-bond donors (Lipinski definition) is 1. The van der Waals surface area contributed by atoms with E-state index in [2.05, 4.69) is 45.3 Å². The topological polar surface area (TPSA) is 38.1 Å². The quantitative estimate of drug-likeness (QED) is 0.756. The summed E-state index contributed by atoms with van der Waals surface area (Å²) in [4.78, 5) is 4.41. The van der Waals surface area contributed by atoms with E-state index in [1.165, 1.54) is 5.56 Å². The molecule has 1 atom stereocenters. The number of oxazole rings is 1. The normalized spacial score (nSPS) is 12.5. The zero-order valence-corrected chi connectivity index (χ0v) is 12.0. The van der Waals surface area contributed by atoms with Crippen molar-refractivity contribution in [2.75, 3.05) is 5.32 Å². The monoisotopic (exact) mass is 316 g/mol. The molecule has 1 unspecified atom stereocenters. The molecule has 0 bridgehead atoms. The summed E-state index contributed by atoms with van der Waals surface area (Å²) < 4.78 is 6.73. The van der Waals surface area contributed by atoms with Crippen LogP contribution in [0.25, 0.3) is 11.1 Å². The molecule has 0 saturated heterocycles. The zero-order valence-electron chi connectivity index (χ0n) is 10.4. The van der Waals surface area contributed by atoms with Crippen LogP contribution >= 0.6 is 15.9 Å². The highest BCUT2D eigenvalue weighted by Gasteiger charge is 2.10. The van der Waals surface area contributed by atoms with Crippen molar-refractivity contribution in [1.29, 1.82) is 0 Å². The number of benzene rings is 2. The Bertz CT molecular complexity index is 658. The lowest BCUT2D eigenvalue weighted by Crippen LogP contribution is -2.06. The second-order valence-corrected chi connectivity index (χ2v) is 5.32. The van der Waals surface area contributed by atoms with Gasteiger partial charge in [-0.1, -0.05) is 40.2 Å². The Morgan fingerprint density at radius 2 is 1.84 bits per heavy atom. The molecule has 1 heterocycles. The van der Waals surface area contributed by atoms with E-state index in [9.17, 15) is 0 Å². The maximum atomic E-state index is 5.65. The predicted octanol–water partition coefficient (Wildman–Crippen LogP) is 4.76. The minimum absolute atomic E-state index is 0.140. The highest BCUT2D eigenvalue weighted by Crippen LogP contribution is 2.23. The third-order valence-corrected chi connectivity index (χ3v) is 3.53. The number of nitrogens with one attached hydrogen (secondary N) is 1. The first-order chi connectivity index (χ1) is 9.22. The Kier molecular flexibility index (Phi) is 3.25. The second kappa shape index (κ2) is 5.05. The van der Waals surface area contributed by atoms with Gasteiger partial charge in [-0.25, -0.2) is 0 Å². The highest BCUT2D eigenvalue weighted by molar-refractivity contribution is 9.10. The van der Waals surface area contributed by atoms with E-state index >= 15 is 0 Å². The molecule has 0 fully saturated rings. The fraction of sp³-hybridized carbons (Fsp3) is 0.133. The van der Waals surface area contributed by atoms with Gasteiger partial charge in [0.05, 0.1) is 6.04 Å². The molecule has 0 aliphatic heterocycles. The third kappa shape index (κ3) is 2.63. The maximum absolute atomic E-state index is 5.65. The summed E-state index contributed by atoms with van der Waals surface area (Å²) in [6, 6.07) is 16.6. The average Bonchev–Trinajstić information content (AvgIpc) is 2.81. The first-order valence-electron chi connectivity index (χ1n) is 6.10. The molecule has 0 spiro atoms. The van der Waals surface area contributed by atoms with Crippen LogP contribution in [0.2, 0.25) is 0 Å². The summed E-state index contributed by atoms with van der Waals surface area (Å²) in [5, 5.41) is 3.27. The highest BCUT2D eigenvalue weighted by atomic mass is 79.9. The van der Waals surface area contributed by atoms with E-state index in [1.54, 1.807) is 0 Å². The Morgan fingerprint density at radius 1 is 1.11 bits per heavy atom. The number of hydrogen-bond acceptors (Lipinski definition) is 3. The summed E-state index contributed by atoms with van der Waals surface area (Å²) >= 11 is 3.43. The summed E-state index contributed by atoms with van der Waals surface area (Å²) in [6.45, 7) is 2.08. The largest absolute Gasteiger partial charge is 0.424 e. The predicted molar refractivity (Wildman–Crippen MR) is 80.2 cm³/mol. The summed E-state index contributed by atoms with van der Waals surface area (Å²) in [7, 11) is 0. The van der Waals surface area contributed by atoms with Crippen LogP contribution in [-0.2, 0) is 0 Å². The first-order valence-corrected chi connectivity index (χ1v) is 6.89. The molecule has 3 nitrogen and oxygen atoms in total. The lowest BCUT2D eigenvalue weighted by molar-refractivity contribution is 0.604. The van der Waals surface area contributed by atoms with Gasteiger partial charge in [0, 0.05) is 4.47 Å². The van der Waals surface area contributed by atoms with Crippen LogP contribution in [0.3, 0.4) is 0 Å². The molecule has 1 N–H and O–H groups in total. The lowest BCUT2D eigenvalue weighted by atomic mass is 10.1. The molecule has 1 aromatic heterocycles. The second-order valence-electron chi connectivity index (χ2n) is 4.40. The first kappa shape index (κ1) is 12.2. The molecule has 19 heavy (non-hydrogen) atoms. The van der Waals surface area contributed by atoms with Gasteiger partial charge in [0.1, 0.15) is 5.52 Å². The van der Waals surface area contributed by atoms with E-state index in [0.29, 0.717) is 6.01 Å². The van der Waals surface area contributed by atoms with E-state index in [4.69, 9.17) is 4.42 Å². The molecule has 3 rings (SSSR count). The molecule has 0 aliphatic carbocycles. The van der Waals surface area contributed by atoms with Crippen molar-refractivity contribution in [3.63, 3.8) is 0 Å². The SMILES string of the molecule is CC(Nc1nc2ccccc2o1)c1ccc(Br)cc1. The van der Waals surface area contributed by atoms with Crippen LogP contribution in [0.15, 0.2) is 57.4 Å². The van der Waals surface area contributed by atoms with E-state index < -0.39 is 0 Å². The molecular weight excluding hydrogens is 304 g/mol. The summed E-state index contributed by atoms with van der Waals surface area (Å²) in [5.41, 5.74) is 2.85. The van der Waals surface area contributed by atoms with Gasteiger partial charge in [-0.05, 0) is 36.8 Å². The fourth-order valence-electron chi connectivity index (χ4n) is 1.95. The number of fused-ring (bicyclic) bond motifs is 1. The van der Waals surface area contributed by atoms with Gasteiger partial charge < -0.3 is 9.73 Å². The van der Waals surface area contributed by atoms with Crippen LogP contribution < -0.4 is 5.32 Å². The minimum Gasteiger partial charge on any atom is -0.424 e. The van der Waals surface area contributed by atoms with Crippen molar-refractivity contribution in [2.24, 2.45) is 0 Å². The van der Waals surface area contributed by atoms with Crippen LogP contribution in [0, 0.1) is 0 Å². The number of aromatic nitrogens is 1. The van der Waals surface area contributed by atoms with Crippen molar-refractivity contribution in [2.45, 2.75) is 13.0 Å². The minimum atomic E-state index is 0.140. The number of rotatable bonds is 3. The molecule has 0 amide bonds. The lowest BCUT2D eigenvalue weighted by Gasteiger charge is -2.12. The van der Waals surface area contributed by atoms with E-state index in [0.717, 1.165) is 15.6 Å². The third-order valence-electron chi connectivity index (χ3n) is 3.00. The average molecular weight is 317 g/mol. The van der Waals surface area contributed by atoms with Crippen LogP contribution in [-0.4, -0.2) is 4.98 Å². The van der Waals surface area contributed by atoms with E-state index in [-0.39, 0.29) is 6.04 Å². The van der Waals surface area contributed by atoms with Crippen LogP contribution in [0.1, 0.15) is 18.5 Å². The summed E-state index contributed by atoms with van der Waals surface area (Å²) in [6.07, 6.45) is 0. The molecule has 0 saturated carbocycles. The van der Waals surface area contributed by atoms with Crippen molar-refractivity contribution in [3.05, 3.63) is 58.6 Å². The van der Waals surface area contributed by atoms with Gasteiger partial charge in [-0.15, -0.1) is 0 Å². The maximum Gasteiger partial charge on any atom is 0.296 e. The number of anilines is 1. The smallest absolute Gasteiger partial charge is 0.296 e. The van der Waals surface area contributed by atoms with E-state index in [1.807, 2.05) is 36.4 Å². The molecule has 2 aromatic carbocycles. The zero-order chi connectivity index (χ0) is 13.2. The molecule has 0 radical (unpaired) electrons. The van der Waals surface area contributed by atoms with Crippen LogP contribution in [0.4, 0.5) is 6.01 Å². The molecular formula is C15H13BrN2O. The van der Waals surface area contributed by atoms with Crippen molar-refractivity contribution >= 4 is 33.0 Å². The van der Waals surface area contributed by atoms with Gasteiger partial charge >= 0.3 is 0 Å². The van der Waals surface area contributed by atoms with Gasteiger partial charge in [-0.2, -0.15) is 4.98 Å². The number of nitrogens with zero attached hydrogens (tertiary/aromatic N) is 1. The Morgan fingerprint density at radius 3 is 2.58 bits per heavy atom. The van der Waals surface area contributed by atoms with Crippen LogP contribution in [0.5, 0.6) is 0 Å².